The molecule has 1 aromatic carbocycles. The number of alkyl halides is 1. The van der Waals surface area contributed by atoms with E-state index in [0.29, 0.717) is 18.0 Å². The molecule has 0 bridgehead atoms. The summed E-state index contributed by atoms with van der Waals surface area (Å²) >= 11 is 5.68. The molecule has 0 aliphatic heterocycles. The standard InChI is InChI=1S/C12H16ClNO2/c1-3-8-16-11-7-5-4-6-10(11)14-12(15)9(2)13/h4-7,9H,3,8H2,1-2H3,(H,14,15). The Hall–Kier alpha value is -1.22. The van der Waals surface area contributed by atoms with E-state index in [1.165, 1.54) is 0 Å². The fourth-order valence-electron chi connectivity index (χ4n) is 1.14. The van der Waals surface area contributed by atoms with E-state index in [1.807, 2.05) is 25.1 Å². The Morgan fingerprint density at radius 3 is 2.81 bits per heavy atom. The van der Waals surface area contributed by atoms with Crippen LogP contribution >= 0.6 is 11.6 Å². The quantitative estimate of drug-likeness (QED) is 0.805. The molecular formula is C12H16ClNO2. The number of anilines is 1. The van der Waals surface area contributed by atoms with Crippen molar-refractivity contribution in [3.8, 4) is 5.75 Å². The van der Waals surface area contributed by atoms with E-state index in [2.05, 4.69) is 5.32 Å². The number of carbonyl (C=O) groups excluding carboxylic acids is 1. The zero-order valence-electron chi connectivity index (χ0n) is 9.50. The van der Waals surface area contributed by atoms with Gasteiger partial charge in [0.25, 0.3) is 0 Å². The fourth-order valence-corrected chi connectivity index (χ4v) is 1.19. The Labute approximate surface area is 101 Å². The van der Waals surface area contributed by atoms with E-state index < -0.39 is 5.38 Å². The molecule has 0 radical (unpaired) electrons. The van der Waals surface area contributed by atoms with Gasteiger partial charge in [0.2, 0.25) is 5.91 Å². The maximum Gasteiger partial charge on any atom is 0.242 e. The van der Waals surface area contributed by atoms with Crippen molar-refractivity contribution < 1.29 is 9.53 Å². The molecule has 1 atom stereocenters. The monoisotopic (exact) mass is 241 g/mol. The summed E-state index contributed by atoms with van der Waals surface area (Å²) in [6.07, 6.45) is 0.925. The minimum Gasteiger partial charge on any atom is -0.491 e. The third-order valence-electron chi connectivity index (χ3n) is 1.97. The Kier molecular flexibility index (Phi) is 5.12. The highest BCUT2D eigenvalue weighted by Gasteiger charge is 2.11. The van der Waals surface area contributed by atoms with E-state index >= 15 is 0 Å². The molecule has 0 saturated heterocycles. The van der Waals surface area contributed by atoms with Crippen LogP contribution in [-0.4, -0.2) is 17.9 Å². The molecule has 0 aliphatic carbocycles. The molecule has 0 aromatic heterocycles. The van der Waals surface area contributed by atoms with E-state index in [1.54, 1.807) is 13.0 Å². The van der Waals surface area contributed by atoms with Gasteiger partial charge < -0.3 is 10.1 Å². The van der Waals surface area contributed by atoms with Gasteiger partial charge in [-0.2, -0.15) is 0 Å². The Morgan fingerprint density at radius 2 is 2.19 bits per heavy atom. The smallest absolute Gasteiger partial charge is 0.242 e. The number of halogens is 1. The van der Waals surface area contributed by atoms with Crippen molar-refractivity contribution in [3.05, 3.63) is 24.3 Å². The summed E-state index contributed by atoms with van der Waals surface area (Å²) in [5.74, 6) is 0.448. The van der Waals surface area contributed by atoms with Crippen molar-refractivity contribution in [2.24, 2.45) is 0 Å². The maximum atomic E-state index is 11.4. The van der Waals surface area contributed by atoms with Crippen molar-refractivity contribution in [3.63, 3.8) is 0 Å². The first-order chi connectivity index (χ1) is 7.65. The predicted octanol–water partition coefficient (Wildman–Crippen LogP) is 3.04. The molecule has 0 saturated carbocycles. The summed E-state index contributed by atoms with van der Waals surface area (Å²) in [5.41, 5.74) is 0.661. The molecule has 1 unspecified atom stereocenters. The fraction of sp³-hybridized carbons (Fsp3) is 0.417. The lowest BCUT2D eigenvalue weighted by atomic mass is 10.3. The summed E-state index contributed by atoms with van der Waals surface area (Å²) < 4.78 is 5.51. The van der Waals surface area contributed by atoms with Gasteiger partial charge in [-0.3, -0.25) is 4.79 Å². The summed E-state index contributed by atoms with van der Waals surface area (Å²) in [7, 11) is 0. The molecule has 3 nitrogen and oxygen atoms in total. The predicted molar refractivity (Wildman–Crippen MR) is 66.2 cm³/mol. The molecule has 16 heavy (non-hydrogen) atoms. The number of hydrogen-bond donors (Lipinski definition) is 1. The first-order valence-corrected chi connectivity index (χ1v) is 5.75. The maximum absolute atomic E-state index is 11.4. The molecule has 0 spiro atoms. The van der Waals surface area contributed by atoms with Gasteiger partial charge in [0, 0.05) is 0 Å². The molecule has 4 heteroatoms. The van der Waals surface area contributed by atoms with E-state index in [9.17, 15) is 4.79 Å². The summed E-state index contributed by atoms with van der Waals surface area (Å²) in [6.45, 7) is 4.29. The van der Waals surface area contributed by atoms with Gasteiger partial charge in [-0.25, -0.2) is 0 Å². The average molecular weight is 242 g/mol. The van der Waals surface area contributed by atoms with Crippen LogP contribution in [0.25, 0.3) is 0 Å². The van der Waals surface area contributed by atoms with Crippen LogP contribution in [0.5, 0.6) is 5.75 Å². The van der Waals surface area contributed by atoms with Crippen LogP contribution in [0.4, 0.5) is 5.69 Å². The second kappa shape index (κ2) is 6.38. The van der Waals surface area contributed by atoms with Gasteiger partial charge >= 0.3 is 0 Å². The van der Waals surface area contributed by atoms with Gasteiger partial charge in [-0.1, -0.05) is 19.1 Å². The minimum atomic E-state index is -0.556. The Balaban J connectivity index is 2.74. The van der Waals surface area contributed by atoms with Crippen molar-refractivity contribution in [1.29, 1.82) is 0 Å². The van der Waals surface area contributed by atoms with Gasteiger partial charge in [-0.15, -0.1) is 11.6 Å². The van der Waals surface area contributed by atoms with Gasteiger partial charge in [0.15, 0.2) is 0 Å². The van der Waals surface area contributed by atoms with Crippen LogP contribution in [0, 0.1) is 0 Å². The van der Waals surface area contributed by atoms with E-state index in [-0.39, 0.29) is 5.91 Å². The van der Waals surface area contributed by atoms with Gasteiger partial charge in [0.05, 0.1) is 12.3 Å². The van der Waals surface area contributed by atoms with Crippen LogP contribution in [0.1, 0.15) is 20.3 Å². The molecule has 88 valence electrons. The third kappa shape index (κ3) is 3.74. The zero-order valence-corrected chi connectivity index (χ0v) is 10.3. The number of carbonyl (C=O) groups is 1. The number of ether oxygens (including phenoxy) is 1. The number of rotatable bonds is 5. The van der Waals surface area contributed by atoms with Crippen molar-refractivity contribution >= 4 is 23.2 Å². The van der Waals surface area contributed by atoms with Crippen LogP contribution in [0.3, 0.4) is 0 Å². The molecule has 0 heterocycles. The first-order valence-electron chi connectivity index (χ1n) is 5.32. The summed E-state index contributed by atoms with van der Waals surface area (Å²) in [5, 5.41) is 2.17. The highest BCUT2D eigenvalue weighted by molar-refractivity contribution is 6.32. The van der Waals surface area contributed by atoms with Crippen LogP contribution in [-0.2, 0) is 4.79 Å². The second-order valence-corrected chi connectivity index (χ2v) is 4.10. The van der Waals surface area contributed by atoms with E-state index in [0.717, 1.165) is 6.42 Å². The van der Waals surface area contributed by atoms with Crippen molar-refractivity contribution in [1.82, 2.24) is 0 Å². The lowest BCUT2D eigenvalue weighted by Gasteiger charge is -2.12. The number of amides is 1. The topological polar surface area (TPSA) is 38.3 Å². The summed E-state index contributed by atoms with van der Waals surface area (Å²) in [6, 6.07) is 7.32. The van der Waals surface area contributed by atoms with E-state index in [4.69, 9.17) is 16.3 Å². The van der Waals surface area contributed by atoms with Crippen LogP contribution in [0.2, 0.25) is 0 Å². The Bertz CT molecular complexity index is 353. The number of para-hydroxylation sites is 2. The first kappa shape index (κ1) is 12.8. The number of nitrogens with one attached hydrogen (secondary N) is 1. The van der Waals surface area contributed by atoms with Crippen molar-refractivity contribution in [2.75, 3.05) is 11.9 Å². The number of benzene rings is 1. The molecule has 1 rings (SSSR count). The number of hydrogen-bond acceptors (Lipinski definition) is 2. The summed E-state index contributed by atoms with van der Waals surface area (Å²) in [4.78, 5) is 11.4. The third-order valence-corrected chi connectivity index (χ3v) is 2.17. The average Bonchev–Trinajstić information content (AvgIpc) is 2.27. The van der Waals surface area contributed by atoms with Crippen molar-refractivity contribution in [2.45, 2.75) is 25.6 Å². The van der Waals surface area contributed by atoms with Gasteiger partial charge in [-0.05, 0) is 25.5 Å². The highest BCUT2D eigenvalue weighted by atomic mass is 35.5. The molecule has 1 aromatic rings. The zero-order chi connectivity index (χ0) is 12.0. The molecule has 1 amide bonds. The van der Waals surface area contributed by atoms with Crippen LogP contribution < -0.4 is 10.1 Å². The molecule has 1 N–H and O–H groups in total. The Morgan fingerprint density at radius 1 is 1.50 bits per heavy atom. The second-order valence-electron chi connectivity index (χ2n) is 3.45. The molecule has 0 fully saturated rings. The SMILES string of the molecule is CCCOc1ccccc1NC(=O)C(C)Cl. The largest absolute Gasteiger partial charge is 0.491 e. The van der Waals surface area contributed by atoms with Crippen LogP contribution in [0.15, 0.2) is 24.3 Å². The minimum absolute atomic E-state index is 0.228. The molecule has 0 aliphatic rings. The molecular weight excluding hydrogens is 226 g/mol. The highest BCUT2D eigenvalue weighted by Crippen LogP contribution is 2.24. The normalized spacial score (nSPS) is 11.9. The van der Waals surface area contributed by atoms with Gasteiger partial charge in [0.1, 0.15) is 11.1 Å². The lowest BCUT2D eigenvalue weighted by molar-refractivity contribution is -0.115. The lowest BCUT2D eigenvalue weighted by Crippen LogP contribution is -2.20.